The molecule has 4 heteroatoms. The van der Waals surface area contributed by atoms with E-state index in [1.807, 2.05) is 24.3 Å². The summed E-state index contributed by atoms with van der Waals surface area (Å²) in [4.78, 5) is 0. The van der Waals surface area contributed by atoms with Crippen molar-refractivity contribution in [2.24, 2.45) is 5.41 Å². The molecular weight excluding hydrogens is 242 g/mol. The van der Waals surface area contributed by atoms with Gasteiger partial charge in [0.15, 0.2) is 5.60 Å². The van der Waals surface area contributed by atoms with E-state index in [1.165, 1.54) is 0 Å². The van der Waals surface area contributed by atoms with Crippen LogP contribution in [0.25, 0.3) is 0 Å². The maximum Gasteiger partial charge on any atom is 0.155 e. The van der Waals surface area contributed by atoms with Crippen LogP contribution in [0.3, 0.4) is 0 Å². The summed E-state index contributed by atoms with van der Waals surface area (Å²) in [5, 5.41) is 9.00. The Kier molecular flexibility index (Phi) is 2.96. The Morgan fingerprint density at radius 2 is 2.05 bits per heavy atom. The fraction of sp³-hybridized carbons (Fsp3) is 0.533. The molecule has 0 aromatic heterocycles. The van der Waals surface area contributed by atoms with Crippen LogP contribution >= 0.6 is 0 Å². The molecule has 19 heavy (non-hydrogen) atoms. The lowest BCUT2D eigenvalue weighted by molar-refractivity contribution is -0.0131. The number of hydrogen-bond acceptors (Lipinski definition) is 4. The van der Waals surface area contributed by atoms with E-state index in [1.54, 1.807) is 7.11 Å². The van der Waals surface area contributed by atoms with E-state index in [4.69, 9.17) is 19.5 Å². The van der Waals surface area contributed by atoms with Crippen molar-refractivity contribution in [2.75, 3.05) is 20.3 Å². The molecule has 1 aromatic rings. The zero-order valence-corrected chi connectivity index (χ0v) is 11.0. The van der Waals surface area contributed by atoms with Crippen LogP contribution in [0.5, 0.6) is 5.75 Å². The number of hydrogen-bond donors (Lipinski definition) is 0. The summed E-state index contributed by atoms with van der Waals surface area (Å²) in [5.41, 5.74) is 0.716. The molecule has 2 aliphatic heterocycles. The first-order chi connectivity index (χ1) is 9.19. The second-order valence-electron chi connectivity index (χ2n) is 5.59. The molecule has 0 radical (unpaired) electrons. The Hall–Kier alpha value is -1.57. The van der Waals surface area contributed by atoms with Gasteiger partial charge >= 0.3 is 0 Å². The number of ether oxygens (including phenoxy) is 3. The van der Waals surface area contributed by atoms with Crippen molar-refractivity contribution in [1.82, 2.24) is 0 Å². The third kappa shape index (κ3) is 2.20. The first-order valence-electron chi connectivity index (χ1n) is 6.45. The van der Waals surface area contributed by atoms with Gasteiger partial charge in [-0.25, -0.2) is 0 Å². The fourth-order valence-electron chi connectivity index (χ4n) is 3.02. The average molecular weight is 259 g/mol. The highest BCUT2D eigenvalue weighted by Crippen LogP contribution is 2.57. The maximum absolute atomic E-state index is 9.00. The van der Waals surface area contributed by atoms with Crippen molar-refractivity contribution in [2.45, 2.75) is 25.0 Å². The molecule has 4 rings (SSSR count). The summed E-state index contributed by atoms with van der Waals surface area (Å²) >= 11 is 0. The van der Waals surface area contributed by atoms with Crippen molar-refractivity contribution in [1.29, 1.82) is 5.26 Å². The topological polar surface area (TPSA) is 51.5 Å². The molecule has 0 unspecified atom stereocenters. The molecule has 3 aliphatic rings. The molecule has 1 saturated carbocycles. The molecule has 2 heterocycles. The summed E-state index contributed by atoms with van der Waals surface area (Å²) in [6, 6.07) is 10.1. The molecule has 1 aliphatic carbocycles. The maximum atomic E-state index is 9.00. The normalized spacial score (nSPS) is 31.6. The molecule has 0 atom stereocenters. The van der Waals surface area contributed by atoms with Gasteiger partial charge in [-0.2, -0.15) is 5.26 Å². The van der Waals surface area contributed by atoms with Crippen LogP contribution in [0.2, 0.25) is 0 Å². The van der Waals surface area contributed by atoms with Crippen molar-refractivity contribution in [3.8, 4) is 11.8 Å². The van der Waals surface area contributed by atoms with Crippen LogP contribution in [0.15, 0.2) is 24.3 Å². The predicted octanol–water partition coefficient (Wildman–Crippen LogP) is 2.28. The van der Waals surface area contributed by atoms with E-state index >= 15 is 0 Å². The lowest BCUT2D eigenvalue weighted by Gasteiger charge is -2.39. The molecule has 2 saturated heterocycles. The monoisotopic (exact) mass is 259 g/mol. The number of nitriles is 1. The summed E-state index contributed by atoms with van der Waals surface area (Å²) in [6.45, 7) is 1.91. The summed E-state index contributed by atoms with van der Waals surface area (Å²) in [5.74, 6) is 0.851. The molecule has 4 nitrogen and oxygen atoms in total. The quantitative estimate of drug-likeness (QED) is 0.814. The molecule has 2 bridgehead atoms. The minimum atomic E-state index is -0.497. The highest BCUT2D eigenvalue weighted by molar-refractivity contribution is 5.26. The third-order valence-corrected chi connectivity index (χ3v) is 4.02. The van der Waals surface area contributed by atoms with Crippen LogP contribution in [-0.4, -0.2) is 25.9 Å². The average Bonchev–Trinajstić information content (AvgIpc) is 2.95. The van der Waals surface area contributed by atoms with Gasteiger partial charge in [0.2, 0.25) is 0 Å². The number of nitrogens with zero attached hydrogens (tertiary/aromatic N) is 1. The van der Waals surface area contributed by atoms with Gasteiger partial charge in [0, 0.05) is 5.41 Å². The van der Waals surface area contributed by atoms with E-state index < -0.39 is 5.60 Å². The van der Waals surface area contributed by atoms with Gasteiger partial charge in [0.25, 0.3) is 0 Å². The van der Waals surface area contributed by atoms with Gasteiger partial charge in [0.1, 0.15) is 5.75 Å². The zero-order valence-electron chi connectivity index (χ0n) is 11.0. The van der Waals surface area contributed by atoms with Gasteiger partial charge in [-0.1, -0.05) is 12.1 Å². The number of rotatable bonds is 5. The lowest BCUT2D eigenvalue weighted by Crippen LogP contribution is -2.45. The smallest absolute Gasteiger partial charge is 0.155 e. The fourth-order valence-corrected chi connectivity index (χ4v) is 3.02. The van der Waals surface area contributed by atoms with E-state index in [-0.39, 0.29) is 5.41 Å². The number of benzene rings is 1. The molecule has 100 valence electrons. The van der Waals surface area contributed by atoms with E-state index in [9.17, 15) is 0 Å². The Morgan fingerprint density at radius 1 is 1.32 bits per heavy atom. The molecule has 0 spiro atoms. The molecule has 3 fully saturated rings. The largest absolute Gasteiger partial charge is 0.497 e. The first-order valence-corrected chi connectivity index (χ1v) is 6.45. The number of methoxy groups -OCH3 is 1. The van der Waals surface area contributed by atoms with Gasteiger partial charge < -0.3 is 14.2 Å². The minimum Gasteiger partial charge on any atom is -0.497 e. The van der Waals surface area contributed by atoms with Crippen LogP contribution in [0.1, 0.15) is 18.4 Å². The summed E-state index contributed by atoms with van der Waals surface area (Å²) < 4.78 is 16.4. The van der Waals surface area contributed by atoms with Gasteiger partial charge in [-0.05, 0) is 30.5 Å². The number of fused-ring (bicyclic) bond motifs is 1. The van der Waals surface area contributed by atoms with Crippen molar-refractivity contribution in [3.63, 3.8) is 0 Å². The molecular formula is C15H17NO3. The van der Waals surface area contributed by atoms with Gasteiger partial charge in [0.05, 0.1) is 33.0 Å². The summed E-state index contributed by atoms with van der Waals surface area (Å²) in [6.07, 6.45) is 1.64. The molecule has 0 N–H and O–H groups in total. The van der Waals surface area contributed by atoms with Crippen molar-refractivity contribution in [3.05, 3.63) is 29.8 Å². The summed E-state index contributed by atoms with van der Waals surface area (Å²) in [7, 11) is 1.66. The highest BCUT2D eigenvalue weighted by Gasteiger charge is 2.63. The Bertz CT molecular complexity index is 497. The standard InChI is InChI=1S/C15H17NO3/c1-17-13-4-2-12(3-5-13)6-18-10-14-7-15(8-14,9-16)19-11-14/h2-5H,6-8,10-11H2,1H3. The SMILES string of the molecule is COc1ccc(COCC23COC(C#N)(C2)C3)cc1. The lowest BCUT2D eigenvalue weighted by atomic mass is 9.63. The molecule has 1 aromatic carbocycles. The Balaban J connectivity index is 1.48. The van der Waals surface area contributed by atoms with E-state index in [0.717, 1.165) is 24.2 Å². The van der Waals surface area contributed by atoms with Crippen LogP contribution in [0.4, 0.5) is 0 Å². The minimum absolute atomic E-state index is 0.0855. The van der Waals surface area contributed by atoms with Crippen LogP contribution < -0.4 is 4.74 Å². The zero-order chi connectivity index (χ0) is 13.3. The van der Waals surface area contributed by atoms with Crippen molar-refractivity contribution < 1.29 is 14.2 Å². The van der Waals surface area contributed by atoms with Crippen LogP contribution in [0, 0.1) is 16.7 Å². The van der Waals surface area contributed by atoms with E-state index in [0.29, 0.717) is 19.8 Å². The molecule has 0 amide bonds. The van der Waals surface area contributed by atoms with E-state index in [2.05, 4.69) is 6.07 Å². The van der Waals surface area contributed by atoms with Gasteiger partial charge in [-0.3, -0.25) is 0 Å². The third-order valence-electron chi connectivity index (χ3n) is 4.02. The van der Waals surface area contributed by atoms with Crippen LogP contribution in [-0.2, 0) is 16.1 Å². The second-order valence-corrected chi connectivity index (χ2v) is 5.59. The highest BCUT2D eigenvalue weighted by atomic mass is 16.5. The van der Waals surface area contributed by atoms with Crippen molar-refractivity contribution >= 4 is 0 Å². The second kappa shape index (κ2) is 4.52. The Morgan fingerprint density at radius 3 is 2.63 bits per heavy atom. The Labute approximate surface area is 112 Å². The first kappa shape index (κ1) is 12.5. The van der Waals surface area contributed by atoms with Gasteiger partial charge in [-0.15, -0.1) is 0 Å². The predicted molar refractivity (Wildman–Crippen MR) is 68.6 cm³/mol.